The van der Waals surface area contributed by atoms with E-state index in [1.165, 1.54) is 0 Å². The maximum Gasteiger partial charge on any atom is 0.419 e. The number of benzene rings is 1. The Morgan fingerprint density at radius 1 is 1.39 bits per heavy atom. The SMILES string of the molecule is COc1cc(-c2nc(SC)[nH]c(=O)c2C#N)ccc1C(F)(F)F. The molecule has 0 radical (unpaired) electrons. The molecule has 0 spiro atoms. The second-order valence-corrected chi connectivity index (χ2v) is 5.12. The number of thioether (sulfide) groups is 1. The Morgan fingerprint density at radius 3 is 2.61 bits per heavy atom. The van der Waals surface area contributed by atoms with Crippen LogP contribution in [0.3, 0.4) is 0 Å². The Labute approximate surface area is 133 Å². The quantitative estimate of drug-likeness (QED) is 0.686. The predicted octanol–water partition coefficient (Wildman–Crippen LogP) is 3.06. The molecule has 0 aliphatic rings. The highest BCUT2D eigenvalue weighted by atomic mass is 32.2. The molecule has 9 heteroatoms. The number of H-pyrrole nitrogens is 1. The molecule has 0 saturated heterocycles. The minimum Gasteiger partial charge on any atom is -0.496 e. The van der Waals surface area contributed by atoms with Crippen molar-refractivity contribution < 1.29 is 17.9 Å². The van der Waals surface area contributed by atoms with Gasteiger partial charge in [-0.25, -0.2) is 4.98 Å². The van der Waals surface area contributed by atoms with E-state index in [4.69, 9.17) is 10.00 Å². The first kappa shape index (κ1) is 16.9. The Morgan fingerprint density at radius 2 is 2.09 bits per heavy atom. The van der Waals surface area contributed by atoms with Crippen molar-refractivity contribution in [3.05, 3.63) is 39.7 Å². The highest BCUT2D eigenvalue weighted by Gasteiger charge is 2.34. The molecule has 1 aromatic heterocycles. The van der Waals surface area contributed by atoms with E-state index in [0.717, 1.165) is 37.1 Å². The van der Waals surface area contributed by atoms with E-state index in [-0.39, 0.29) is 22.0 Å². The number of methoxy groups -OCH3 is 1. The average molecular weight is 341 g/mol. The Bertz CT molecular complexity index is 841. The van der Waals surface area contributed by atoms with Gasteiger partial charge in [0.25, 0.3) is 5.56 Å². The van der Waals surface area contributed by atoms with Crippen LogP contribution in [0, 0.1) is 11.3 Å². The zero-order valence-corrected chi connectivity index (χ0v) is 12.8. The van der Waals surface area contributed by atoms with Crippen LogP contribution in [0.25, 0.3) is 11.3 Å². The number of alkyl halides is 3. The third-order valence-electron chi connectivity index (χ3n) is 2.98. The molecule has 0 unspecified atom stereocenters. The molecule has 0 bridgehead atoms. The van der Waals surface area contributed by atoms with Crippen LogP contribution in [0.5, 0.6) is 5.75 Å². The molecule has 0 fully saturated rings. The molecular formula is C14H10F3N3O2S. The fourth-order valence-corrected chi connectivity index (χ4v) is 2.31. The van der Waals surface area contributed by atoms with E-state index in [9.17, 15) is 18.0 Å². The van der Waals surface area contributed by atoms with Gasteiger partial charge in [-0.3, -0.25) is 4.79 Å². The van der Waals surface area contributed by atoms with Crippen molar-refractivity contribution in [2.75, 3.05) is 13.4 Å². The molecule has 0 aliphatic heterocycles. The molecule has 0 saturated carbocycles. The van der Waals surface area contributed by atoms with Gasteiger partial charge in [0.15, 0.2) is 5.16 Å². The maximum atomic E-state index is 12.9. The number of nitriles is 1. The lowest BCUT2D eigenvalue weighted by atomic mass is 10.0. The van der Waals surface area contributed by atoms with E-state index in [0.29, 0.717) is 0 Å². The lowest BCUT2D eigenvalue weighted by Crippen LogP contribution is -2.15. The number of ether oxygens (including phenoxy) is 1. The molecule has 2 aromatic rings. The van der Waals surface area contributed by atoms with Crippen LogP contribution in [0.1, 0.15) is 11.1 Å². The minimum atomic E-state index is -4.58. The predicted molar refractivity (Wildman–Crippen MR) is 78.3 cm³/mol. The van der Waals surface area contributed by atoms with Gasteiger partial charge in [0, 0.05) is 5.56 Å². The van der Waals surface area contributed by atoms with Gasteiger partial charge in [0.2, 0.25) is 0 Å². The van der Waals surface area contributed by atoms with Crippen LogP contribution in [0.15, 0.2) is 28.2 Å². The lowest BCUT2D eigenvalue weighted by Gasteiger charge is -2.13. The summed E-state index contributed by atoms with van der Waals surface area (Å²) in [6.07, 6.45) is -2.91. The largest absolute Gasteiger partial charge is 0.496 e. The number of hydrogen-bond acceptors (Lipinski definition) is 5. The van der Waals surface area contributed by atoms with Crippen LogP contribution in [-0.4, -0.2) is 23.3 Å². The monoisotopic (exact) mass is 341 g/mol. The Hall–Kier alpha value is -2.47. The summed E-state index contributed by atoms with van der Waals surface area (Å²) in [6.45, 7) is 0. The van der Waals surface area contributed by atoms with E-state index in [1.807, 2.05) is 0 Å². The molecule has 5 nitrogen and oxygen atoms in total. The summed E-state index contributed by atoms with van der Waals surface area (Å²) in [6, 6.07) is 4.81. The summed E-state index contributed by atoms with van der Waals surface area (Å²) in [5.74, 6) is -0.410. The molecule has 0 atom stereocenters. The maximum absolute atomic E-state index is 12.9. The van der Waals surface area contributed by atoms with Gasteiger partial charge in [0.05, 0.1) is 18.4 Å². The van der Waals surface area contributed by atoms with Crippen molar-refractivity contribution in [1.82, 2.24) is 9.97 Å². The summed E-state index contributed by atoms with van der Waals surface area (Å²) in [5.41, 5.74) is -1.68. The van der Waals surface area contributed by atoms with Gasteiger partial charge in [-0.15, -0.1) is 0 Å². The number of rotatable bonds is 3. The molecule has 2 rings (SSSR count). The summed E-state index contributed by atoms with van der Waals surface area (Å²) < 4.78 is 43.4. The van der Waals surface area contributed by atoms with E-state index < -0.39 is 23.0 Å². The highest BCUT2D eigenvalue weighted by Crippen LogP contribution is 2.38. The van der Waals surface area contributed by atoms with Gasteiger partial charge in [-0.1, -0.05) is 17.8 Å². The fourth-order valence-electron chi connectivity index (χ4n) is 1.93. The molecule has 1 N–H and O–H groups in total. The fraction of sp³-hybridized carbons (Fsp3) is 0.214. The van der Waals surface area contributed by atoms with E-state index in [2.05, 4.69) is 9.97 Å². The number of aromatic amines is 1. The standard InChI is InChI=1S/C14H10F3N3O2S/c1-22-10-5-7(3-4-9(10)14(15,16)17)11-8(6-18)12(21)20-13(19-11)23-2/h3-5H,1-2H3,(H,19,20,21). The first-order valence-corrected chi connectivity index (χ1v) is 7.38. The van der Waals surface area contributed by atoms with Crippen molar-refractivity contribution in [3.8, 4) is 23.1 Å². The van der Waals surface area contributed by atoms with Crippen molar-refractivity contribution in [1.29, 1.82) is 5.26 Å². The van der Waals surface area contributed by atoms with Gasteiger partial charge >= 0.3 is 6.18 Å². The minimum absolute atomic E-state index is 0.00706. The van der Waals surface area contributed by atoms with Crippen LogP contribution in [0.4, 0.5) is 13.2 Å². The smallest absolute Gasteiger partial charge is 0.419 e. The summed E-state index contributed by atoms with van der Waals surface area (Å²) in [4.78, 5) is 18.4. The second-order valence-electron chi connectivity index (χ2n) is 4.32. The number of nitrogens with zero attached hydrogens (tertiary/aromatic N) is 2. The summed E-state index contributed by atoms with van der Waals surface area (Å²) >= 11 is 1.14. The van der Waals surface area contributed by atoms with Crippen LogP contribution < -0.4 is 10.3 Å². The van der Waals surface area contributed by atoms with Crippen molar-refractivity contribution in [3.63, 3.8) is 0 Å². The van der Waals surface area contributed by atoms with Gasteiger partial charge in [0.1, 0.15) is 17.4 Å². The van der Waals surface area contributed by atoms with Crippen LogP contribution in [0.2, 0.25) is 0 Å². The highest BCUT2D eigenvalue weighted by molar-refractivity contribution is 7.98. The molecule has 1 heterocycles. The van der Waals surface area contributed by atoms with Gasteiger partial charge in [-0.05, 0) is 18.4 Å². The molecule has 120 valence electrons. The zero-order chi connectivity index (χ0) is 17.2. The lowest BCUT2D eigenvalue weighted by molar-refractivity contribution is -0.138. The molecule has 23 heavy (non-hydrogen) atoms. The second kappa shape index (κ2) is 6.34. The van der Waals surface area contributed by atoms with Gasteiger partial charge < -0.3 is 9.72 Å². The number of halogens is 3. The average Bonchev–Trinajstić information content (AvgIpc) is 2.52. The Balaban J connectivity index is 2.71. The number of aromatic nitrogens is 2. The number of nitrogens with one attached hydrogen (secondary N) is 1. The first-order chi connectivity index (χ1) is 10.8. The van der Waals surface area contributed by atoms with E-state index in [1.54, 1.807) is 12.3 Å². The van der Waals surface area contributed by atoms with Gasteiger partial charge in [-0.2, -0.15) is 18.4 Å². The topological polar surface area (TPSA) is 78.8 Å². The summed E-state index contributed by atoms with van der Waals surface area (Å²) in [5, 5.41) is 9.36. The van der Waals surface area contributed by atoms with Crippen LogP contribution in [-0.2, 0) is 6.18 Å². The Kier molecular flexibility index (Phi) is 4.65. The van der Waals surface area contributed by atoms with E-state index >= 15 is 0 Å². The van der Waals surface area contributed by atoms with Crippen molar-refractivity contribution in [2.45, 2.75) is 11.3 Å². The molecule has 1 aromatic carbocycles. The zero-order valence-electron chi connectivity index (χ0n) is 12.0. The third-order valence-corrected chi connectivity index (χ3v) is 3.56. The molecule has 0 amide bonds. The van der Waals surface area contributed by atoms with Crippen LogP contribution >= 0.6 is 11.8 Å². The summed E-state index contributed by atoms with van der Waals surface area (Å²) in [7, 11) is 1.11. The third kappa shape index (κ3) is 3.32. The molecular weight excluding hydrogens is 331 g/mol. The first-order valence-electron chi connectivity index (χ1n) is 6.15. The molecule has 0 aliphatic carbocycles. The van der Waals surface area contributed by atoms with Crippen molar-refractivity contribution >= 4 is 11.8 Å². The number of hydrogen-bond donors (Lipinski definition) is 1. The normalized spacial score (nSPS) is 11.1. The van der Waals surface area contributed by atoms with Crippen molar-refractivity contribution in [2.24, 2.45) is 0 Å².